The van der Waals surface area contributed by atoms with Crippen LogP contribution in [-0.4, -0.2) is 25.6 Å². The summed E-state index contributed by atoms with van der Waals surface area (Å²) in [5.74, 6) is 0. The maximum absolute atomic E-state index is 6.03. The molecule has 0 saturated carbocycles. The Morgan fingerprint density at radius 3 is 2.80 bits per heavy atom. The Balaban J connectivity index is 2.62. The van der Waals surface area contributed by atoms with Gasteiger partial charge in [0.1, 0.15) is 0 Å². The predicted molar refractivity (Wildman–Crippen MR) is 92.4 cm³/mol. The zero-order valence-corrected chi connectivity index (χ0v) is 13.7. The van der Waals surface area contributed by atoms with Crippen molar-refractivity contribution in [2.75, 3.05) is 19.4 Å². The third-order valence-electron chi connectivity index (χ3n) is 3.14. The number of nitrogens with zero attached hydrogens (tertiary/aromatic N) is 1. The SMILES string of the molecule is C/C=C/C/C=C/C=C\C=NP1(C)(OCC)CCC=CN1. The second kappa shape index (κ2) is 8.18. The first-order chi connectivity index (χ1) is 9.63. The normalized spacial score (nSPS) is 23.4. The molecule has 1 rings (SSSR count). The van der Waals surface area contributed by atoms with Crippen LogP contribution in [0.3, 0.4) is 0 Å². The molecule has 0 bridgehead atoms. The Bertz CT molecular complexity index is 440. The van der Waals surface area contributed by atoms with E-state index in [9.17, 15) is 0 Å². The van der Waals surface area contributed by atoms with Crippen LogP contribution >= 0.6 is 7.13 Å². The van der Waals surface area contributed by atoms with E-state index < -0.39 is 7.13 Å². The van der Waals surface area contributed by atoms with Gasteiger partial charge in [0.15, 0.2) is 0 Å². The van der Waals surface area contributed by atoms with E-state index in [1.165, 1.54) is 0 Å². The molecule has 0 unspecified atom stereocenters. The molecule has 0 atom stereocenters. The summed E-state index contributed by atoms with van der Waals surface area (Å²) < 4.78 is 10.8. The van der Waals surface area contributed by atoms with Crippen LogP contribution in [0.4, 0.5) is 0 Å². The fourth-order valence-electron chi connectivity index (χ4n) is 2.04. The van der Waals surface area contributed by atoms with E-state index in [4.69, 9.17) is 9.29 Å². The van der Waals surface area contributed by atoms with Crippen LogP contribution in [0.15, 0.2) is 53.5 Å². The molecule has 0 aliphatic carbocycles. The molecule has 112 valence electrons. The van der Waals surface area contributed by atoms with Crippen molar-refractivity contribution < 1.29 is 4.52 Å². The quantitative estimate of drug-likeness (QED) is 0.322. The number of hydrogen-bond donors (Lipinski definition) is 1. The Kier molecular flexibility index (Phi) is 6.90. The van der Waals surface area contributed by atoms with Crippen molar-refractivity contribution in [3.8, 4) is 0 Å². The van der Waals surface area contributed by atoms with Crippen molar-refractivity contribution in [3.05, 3.63) is 48.7 Å². The summed E-state index contributed by atoms with van der Waals surface area (Å²) in [6.45, 7) is 6.86. The summed E-state index contributed by atoms with van der Waals surface area (Å²) in [7, 11) is -2.59. The summed E-state index contributed by atoms with van der Waals surface area (Å²) in [6.07, 6.45) is 21.2. The van der Waals surface area contributed by atoms with Crippen LogP contribution in [0, 0.1) is 0 Å². The fraction of sp³-hybridized carbons (Fsp3) is 0.438. The molecular formula is C16H27N2OP. The second-order valence-corrected chi connectivity index (χ2v) is 9.41. The second-order valence-electron chi connectivity index (χ2n) is 4.97. The zero-order valence-electron chi connectivity index (χ0n) is 12.8. The van der Waals surface area contributed by atoms with Gasteiger partial charge in [0, 0.05) is 0 Å². The summed E-state index contributed by atoms with van der Waals surface area (Å²) in [6, 6.07) is 0. The third kappa shape index (κ3) is 5.44. The van der Waals surface area contributed by atoms with Gasteiger partial charge in [-0.3, -0.25) is 0 Å². The standard InChI is InChI=1S/C16H27N2OP/c1-4-6-7-8-9-10-11-14-17-20(3,19-5-2)16-13-12-15-18-20/h4,6,8-12,14-15,18H,5,7,13,16H2,1-3H3/b6-4+,9-8+,11-10-,17-14?. The predicted octanol–water partition coefficient (Wildman–Crippen LogP) is 4.61. The molecule has 1 N–H and O–H groups in total. The molecule has 4 heteroatoms. The molecule has 0 aromatic heterocycles. The Labute approximate surface area is 123 Å². The van der Waals surface area contributed by atoms with Gasteiger partial charge < -0.3 is 0 Å². The molecule has 0 aromatic carbocycles. The molecule has 0 amide bonds. The van der Waals surface area contributed by atoms with E-state index in [0.717, 1.165) is 19.0 Å². The molecule has 1 heterocycles. The Morgan fingerprint density at radius 1 is 1.30 bits per heavy atom. The number of hydrogen-bond acceptors (Lipinski definition) is 3. The van der Waals surface area contributed by atoms with Crippen LogP contribution in [0.1, 0.15) is 26.7 Å². The van der Waals surface area contributed by atoms with E-state index in [-0.39, 0.29) is 0 Å². The van der Waals surface area contributed by atoms with E-state index >= 15 is 0 Å². The Morgan fingerprint density at radius 2 is 2.15 bits per heavy atom. The van der Waals surface area contributed by atoms with Crippen molar-refractivity contribution in [1.29, 1.82) is 0 Å². The average Bonchev–Trinajstić information content (AvgIpc) is 2.43. The molecular weight excluding hydrogens is 267 g/mol. The van der Waals surface area contributed by atoms with Crippen LogP contribution < -0.4 is 5.09 Å². The van der Waals surface area contributed by atoms with Gasteiger partial charge in [-0.15, -0.1) is 0 Å². The van der Waals surface area contributed by atoms with Gasteiger partial charge >= 0.3 is 123 Å². The number of allylic oxidation sites excluding steroid dienone is 7. The first kappa shape index (κ1) is 16.9. The fourth-order valence-corrected chi connectivity index (χ4v) is 4.97. The van der Waals surface area contributed by atoms with Crippen LogP contribution in [0.25, 0.3) is 0 Å². The summed E-state index contributed by atoms with van der Waals surface area (Å²) >= 11 is 0. The molecule has 0 fully saturated rings. The zero-order chi connectivity index (χ0) is 14.8. The minimum atomic E-state index is -2.59. The van der Waals surface area contributed by atoms with Gasteiger partial charge in [-0.25, -0.2) is 0 Å². The van der Waals surface area contributed by atoms with Crippen molar-refractivity contribution in [3.63, 3.8) is 0 Å². The van der Waals surface area contributed by atoms with Gasteiger partial charge in [0.25, 0.3) is 0 Å². The molecule has 1 aliphatic heterocycles. The summed E-state index contributed by atoms with van der Waals surface area (Å²) in [5, 5.41) is 3.40. The summed E-state index contributed by atoms with van der Waals surface area (Å²) in [5.41, 5.74) is 0. The number of rotatable bonds is 7. The van der Waals surface area contributed by atoms with Gasteiger partial charge in [0.05, 0.1) is 0 Å². The van der Waals surface area contributed by atoms with Gasteiger partial charge in [-0.05, 0) is 0 Å². The molecule has 1 aliphatic rings. The van der Waals surface area contributed by atoms with Gasteiger partial charge in [0.2, 0.25) is 0 Å². The van der Waals surface area contributed by atoms with E-state index in [1.807, 2.05) is 44.5 Å². The van der Waals surface area contributed by atoms with Crippen molar-refractivity contribution in [2.24, 2.45) is 4.76 Å². The molecule has 0 aromatic rings. The average molecular weight is 294 g/mol. The van der Waals surface area contributed by atoms with E-state index in [1.54, 1.807) is 0 Å². The van der Waals surface area contributed by atoms with Crippen LogP contribution in [0.2, 0.25) is 0 Å². The molecule has 20 heavy (non-hydrogen) atoms. The van der Waals surface area contributed by atoms with Gasteiger partial charge in [-0.1, -0.05) is 0 Å². The topological polar surface area (TPSA) is 33.6 Å². The van der Waals surface area contributed by atoms with Crippen LogP contribution in [-0.2, 0) is 4.52 Å². The monoisotopic (exact) mass is 294 g/mol. The molecule has 0 radical (unpaired) electrons. The van der Waals surface area contributed by atoms with Crippen molar-refractivity contribution >= 4 is 13.3 Å². The van der Waals surface area contributed by atoms with E-state index in [0.29, 0.717) is 6.61 Å². The molecule has 3 nitrogen and oxygen atoms in total. The van der Waals surface area contributed by atoms with Crippen molar-refractivity contribution in [2.45, 2.75) is 26.7 Å². The van der Waals surface area contributed by atoms with Gasteiger partial charge in [-0.2, -0.15) is 0 Å². The van der Waals surface area contributed by atoms with E-state index in [2.05, 4.69) is 36.1 Å². The first-order valence-corrected chi connectivity index (χ1v) is 9.95. The first-order valence-electron chi connectivity index (χ1n) is 7.21. The third-order valence-corrected chi connectivity index (χ3v) is 6.94. The van der Waals surface area contributed by atoms with Crippen LogP contribution in [0.5, 0.6) is 0 Å². The maximum atomic E-state index is 6.03. The summed E-state index contributed by atoms with van der Waals surface area (Å²) in [4.78, 5) is 0. The molecule has 0 spiro atoms. The number of nitrogens with one attached hydrogen (secondary N) is 1. The minimum absolute atomic E-state index is 0.680. The Hall–Kier alpha value is -1.18. The molecule has 0 saturated heterocycles. The van der Waals surface area contributed by atoms with Crippen molar-refractivity contribution in [1.82, 2.24) is 5.09 Å².